The van der Waals surface area contributed by atoms with Gasteiger partial charge in [-0.2, -0.15) is 0 Å². The number of benzene rings is 1. The van der Waals surface area contributed by atoms with Crippen LogP contribution in [0.25, 0.3) is 10.9 Å². The van der Waals surface area contributed by atoms with Gasteiger partial charge in [-0.25, -0.2) is 0 Å². The topological polar surface area (TPSA) is 60.1 Å². The van der Waals surface area contributed by atoms with Crippen LogP contribution in [0.1, 0.15) is 21.8 Å². The number of fused-ring (bicyclic) bond motifs is 1. The van der Waals surface area contributed by atoms with Crippen LogP contribution < -0.4 is 5.32 Å². The van der Waals surface area contributed by atoms with Crippen LogP contribution >= 0.6 is 0 Å². The number of carbonyl (C=O) groups excluding carboxylic acids is 1. The van der Waals surface area contributed by atoms with Crippen molar-refractivity contribution in [2.24, 2.45) is 7.05 Å². The van der Waals surface area contributed by atoms with Crippen molar-refractivity contribution in [3.63, 3.8) is 0 Å². The lowest BCUT2D eigenvalue weighted by Crippen LogP contribution is -2.15. The molecule has 2 aromatic heterocycles. The SMILES string of the molecule is Cc1ccc2c(c1)cc(C(=O)Nc1cc(C)on1)n2C. The maximum Gasteiger partial charge on any atom is 0.273 e. The molecule has 0 spiro atoms. The highest BCUT2D eigenvalue weighted by molar-refractivity contribution is 6.06. The minimum absolute atomic E-state index is 0.199. The highest BCUT2D eigenvalue weighted by Crippen LogP contribution is 2.21. The van der Waals surface area contributed by atoms with Crippen LogP contribution in [0, 0.1) is 13.8 Å². The summed E-state index contributed by atoms with van der Waals surface area (Å²) in [5.41, 5.74) is 2.78. The fourth-order valence-electron chi connectivity index (χ4n) is 2.29. The van der Waals surface area contributed by atoms with Gasteiger partial charge in [0.05, 0.1) is 0 Å². The molecule has 3 aromatic rings. The van der Waals surface area contributed by atoms with E-state index in [-0.39, 0.29) is 5.91 Å². The lowest BCUT2D eigenvalue weighted by atomic mass is 10.2. The number of hydrogen-bond acceptors (Lipinski definition) is 3. The van der Waals surface area contributed by atoms with Gasteiger partial charge in [-0.3, -0.25) is 4.79 Å². The molecule has 5 heteroatoms. The van der Waals surface area contributed by atoms with E-state index in [2.05, 4.69) is 16.5 Å². The maximum atomic E-state index is 12.3. The average molecular weight is 269 g/mol. The zero-order chi connectivity index (χ0) is 14.3. The van der Waals surface area contributed by atoms with E-state index >= 15 is 0 Å². The first-order chi connectivity index (χ1) is 9.54. The fraction of sp³-hybridized carbons (Fsp3) is 0.200. The van der Waals surface area contributed by atoms with Crippen LogP contribution in [0.2, 0.25) is 0 Å². The molecule has 2 heterocycles. The van der Waals surface area contributed by atoms with Gasteiger partial charge in [-0.15, -0.1) is 0 Å². The Bertz CT molecular complexity index is 799. The summed E-state index contributed by atoms with van der Waals surface area (Å²) in [6.07, 6.45) is 0. The van der Waals surface area contributed by atoms with Crippen LogP contribution in [0.3, 0.4) is 0 Å². The molecule has 1 amide bonds. The molecule has 0 saturated heterocycles. The Morgan fingerprint density at radius 1 is 1.25 bits per heavy atom. The van der Waals surface area contributed by atoms with Gasteiger partial charge in [-0.05, 0) is 32.0 Å². The monoisotopic (exact) mass is 269 g/mol. The molecule has 1 N–H and O–H groups in total. The summed E-state index contributed by atoms with van der Waals surface area (Å²) < 4.78 is 6.81. The molecular formula is C15H15N3O2. The summed E-state index contributed by atoms with van der Waals surface area (Å²) >= 11 is 0. The molecule has 5 nitrogen and oxygen atoms in total. The van der Waals surface area contributed by atoms with E-state index in [0.717, 1.165) is 10.9 Å². The number of aromatic nitrogens is 2. The van der Waals surface area contributed by atoms with E-state index in [0.29, 0.717) is 17.3 Å². The summed E-state index contributed by atoms with van der Waals surface area (Å²) in [5, 5.41) is 7.54. The first kappa shape index (κ1) is 12.5. The minimum Gasteiger partial charge on any atom is -0.360 e. The normalized spacial score (nSPS) is 10.9. The van der Waals surface area contributed by atoms with Crippen LogP contribution in [0.15, 0.2) is 34.9 Å². The van der Waals surface area contributed by atoms with Crippen molar-refractivity contribution < 1.29 is 9.32 Å². The Morgan fingerprint density at radius 2 is 2.05 bits per heavy atom. The van der Waals surface area contributed by atoms with E-state index in [1.807, 2.05) is 36.7 Å². The van der Waals surface area contributed by atoms with Gasteiger partial charge >= 0.3 is 0 Å². The third-order valence-corrected chi connectivity index (χ3v) is 3.30. The Hall–Kier alpha value is -2.56. The highest BCUT2D eigenvalue weighted by Gasteiger charge is 2.14. The molecule has 0 bridgehead atoms. The lowest BCUT2D eigenvalue weighted by Gasteiger charge is -2.03. The predicted molar refractivity (Wildman–Crippen MR) is 76.8 cm³/mol. The summed E-state index contributed by atoms with van der Waals surface area (Å²) in [6.45, 7) is 3.81. The zero-order valence-electron chi connectivity index (χ0n) is 11.6. The van der Waals surface area contributed by atoms with Gasteiger partial charge < -0.3 is 14.4 Å². The van der Waals surface area contributed by atoms with Crippen molar-refractivity contribution in [3.8, 4) is 0 Å². The minimum atomic E-state index is -0.199. The van der Waals surface area contributed by atoms with Crippen LogP contribution in [-0.4, -0.2) is 15.6 Å². The summed E-state index contributed by atoms with van der Waals surface area (Å²) in [4.78, 5) is 12.3. The van der Waals surface area contributed by atoms with Crippen molar-refractivity contribution >= 4 is 22.6 Å². The van der Waals surface area contributed by atoms with Crippen molar-refractivity contribution in [2.75, 3.05) is 5.32 Å². The first-order valence-corrected chi connectivity index (χ1v) is 6.35. The molecule has 0 radical (unpaired) electrons. The second kappa shape index (κ2) is 4.52. The Balaban J connectivity index is 1.97. The molecule has 0 atom stereocenters. The molecule has 0 saturated carbocycles. The molecule has 0 aliphatic rings. The number of rotatable bonds is 2. The molecule has 1 aromatic carbocycles. The Labute approximate surface area is 116 Å². The largest absolute Gasteiger partial charge is 0.360 e. The number of aryl methyl sites for hydroxylation is 3. The third kappa shape index (κ3) is 2.07. The predicted octanol–water partition coefficient (Wildman–Crippen LogP) is 3.04. The van der Waals surface area contributed by atoms with Crippen molar-refractivity contribution in [2.45, 2.75) is 13.8 Å². The smallest absolute Gasteiger partial charge is 0.273 e. The molecule has 0 aliphatic heterocycles. The summed E-state index contributed by atoms with van der Waals surface area (Å²) in [5.74, 6) is 0.886. The van der Waals surface area contributed by atoms with E-state index in [1.54, 1.807) is 13.0 Å². The first-order valence-electron chi connectivity index (χ1n) is 6.35. The standard InChI is InChI=1S/C15H15N3O2/c1-9-4-5-12-11(6-9)8-13(18(12)3)15(19)16-14-7-10(2)20-17-14/h4-8H,1-3H3,(H,16,17,19). The molecular weight excluding hydrogens is 254 g/mol. The Morgan fingerprint density at radius 3 is 2.75 bits per heavy atom. The van der Waals surface area contributed by atoms with E-state index < -0.39 is 0 Å². The molecule has 102 valence electrons. The van der Waals surface area contributed by atoms with Gasteiger partial charge in [0.1, 0.15) is 11.5 Å². The number of carbonyl (C=O) groups is 1. The molecule has 0 unspecified atom stereocenters. The molecule has 0 fully saturated rings. The van der Waals surface area contributed by atoms with Crippen molar-refractivity contribution in [3.05, 3.63) is 47.3 Å². The second-order valence-electron chi connectivity index (χ2n) is 4.93. The number of hydrogen-bond donors (Lipinski definition) is 1. The van der Waals surface area contributed by atoms with E-state index in [1.165, 1.54) is 5.56 Å². The number of nitrogens with zero attached hydrogens (tertiary/aromatic N) is 2. The highest BCUT2D eigenvalue weighted by atomic mass is 16.5. The lowest BCUT2D eigenvalue weighted by molar-refractivity contribution is 0.101. The van der Waals surface area contributed by atoms with Crippen LogP contribution in [-0.2, 0) is 7.05 Å². The van der Waals surface area contributed by atoms with Gasteiger partial charge in [-0.1, -0.05) is 16.8 Å². The van der Waals surface area contributed by atoms with Crippen molar-refractivity contribution in [1.29, 1.82) is 0 Å². The number of nitrogens with one attached hydrogen (secondary N) is 1. The van der Waals surface area contributed by atoms with E-state index in [9.17, 15) is 4.79 Å². The Kier molecular flexibility index (Phi) is 2.82. The summed E-state index contributed by atoms with van der Waals surface area (Å²) in [6, 6.07) is 9.67. The average Bonchev–Trinajstić information content (AvgIpc) is 2.94. The fourth-order valence-corrected chi connectivity index (χ4v) is 2.29. The van der Waals surface area contributed by atoms with E-state index in [4.69, 9.17) is 4.52 Å². The van der Waals surface area contributed by atoms with Crippen molar-refractivity contribution in [1.82, 2.24) is 9.72 Å². The molecule has 0 aliphatic carbocycles. The van der Waals surface area contributed by atoms with Gasteiger partial charge in [0, 0.05) is 24.0 Å². The zero-order valence-corrected chi connectivity index (χ0v) is 11.6. The molecule has 20 heavy (non-hydrogen) atoms. The third-order valence-electron chi connectivity index (χ3n) is 3.30. The quantitative estimate of drug-likeness (QED) is 0.777. The van der Waals surface area contributed by atoms with Gasteiger partial charge in [0.15, 0.2) is 5.82 Å². The van der Waals surface area contributed by atoms with Crippen LogP contribution in [0.5, 0.6) is 0 Å². The molecule has 3 rings (SSSR count). The second-order valence-corrected chi connectivity index (χ2v) is 4.93. The van der Waals surface area contributed by atoms with Gasteiger partial charge in [0.25, 0.3) is 5.91 Å². The maximum absolute atomic E-state index is 12.3. The number of amides is 1. The van der Waals surface area contributed by atoms with Gasteiger partial charge in [0.2, 0.25) is 0 Å². The van der Waals surface area contributed by atoms with Crippen LogP contribution in [0.4, 0.5) is 5.82 Å². The number of anilines is 1. The summed E-state index contributed by atoms with van der Waals surface area (Å²) in [7, 11) is 1.88.